The molecule has 0 bridgehead atoms. The van der Waals surface area contributed by atoms with Crippen molar-refractivity contribution in [2.75, 3.05) is 5.32 Å². The summed E-state index contributed by atoms with van der Waals surface area (Å²) >= 11 is 6.02. The number of benzene rings is 2. The third-order valence-electron chi connectivity index (χ3n) is 4.76. The lowest BCUT2D eigenvalue weighted by molar-refractivity contribution is 0.0896. The second-order valence-corrected chi connectivity index (χ2v) is 6.27. The molecule has 0 aromatic heterocycles. The molecule has 2 aliphatic rings. The van der Waals surface area contributed by atoms with Gasteiger partial charge in [-0.05, 0) is 54.8 Å². The van der Waals surface area contributed by atoms with Gasteiger partial charge in [-0.3, -0.25) is 4.79 Å². The molecule has 0 unspecified atom stereocenters. The van der Waals surface area contributed by atoms with Crippen molar-refractivity contribution in [3.05, 3.63) is 63.9 Å². The van der Waals surface area contributed by atoms with Gasteiger partial charge in [0.25, 0.3) is 0 Å². The molecule has 0 radical (unpaired) electrons. The lowest BCUT2D eigenvalue weighted by Gasteiger charge is -2.27. The van der Waals surface area contributed by atoms with E-state index in [-0.39, 0.29) is 17.6 Å². The molecule has 2 nitrogen and oxygen atoms in total. The van der Waals surface area contributed by atoms with Gasteiger partial charge in [0.05, 0.1) is 5.41 Å². The number of hydrogen-bond acceptors (Lipinski definition) is 2. The van der Waals surface area contributed by atoms with E-state index >= 15 is 0 Å². The zero-order valence-electron chi connectivity index (χ0n) is 11.4. The van der Waals surface area contributed by atoms with Crippen molar-refractivity contribution < 1.29 is 9.18 Å². The van der Waals surface area contributed by atoms with E-state index in [4.69, 9.17) is 11.6 Å². The minimum Gasteiger partial charge on any atom is -0.381 e. The number of halogens is 2. The van der Waals surface area contributed by atoms with Crippen LogP contribution in [-0.2, 0) is 11.8 Å². The van der Waals surface area contributed by atoms with Gasteiger partial charge in [0.15, 0.2) is 5.78 Å². The first-order valence-corrected chi connectivity index (χ1v) is 7.30. The molecule has 2 atom stereocenters. The van der Waals surface area contributed by atoms with E-state index in [1.807, 2.05) is 13.0 Å². The molecule has 21 heavy (non-hydrogen) atoms. The standard InChI is InChI=1S/C17H13ClFNO/c1-9-17(14-7-12(19)4-5-15(14)20-9)8-10-2-3-11(18)6-13(10)16(17)21/h2-7,9,20H,8H2,1H3/t9-,17+/m0/s1. The van der Waals surface area contributed by atoms with E-state index in [2.05, 4.69) is 5.32 Å². The summed E-state index contributed by atoms with van der Waals surface area (Å²) in [4.78, 5) is 13.0. The van der Waals surface area contributed by atoms with E-state index in [1.165, 1.54) is 12.1 Å². The Kier molecular flexibility index (Phi) is 2.49. The number of ketones is 1. The molecule has 1 N–H and O–H groups in total. The van der Waals surface area contributed by atoms with Crippen molar-refractivity contribution in [1.29, 1.82) is 0 Å². The van der Waals surface area contributed by atoms with Crippen LogP contribution in [0.15, 0.2) is 36.4 Å². The topological polar surface area (TPSA) is 29.1 Å². The maximum atomic E-state index is 13.7. The zero-order valence-corrected chi connectivity index (χ0v) is 12.2. The van der Waals surface area contributed by atoms with E-state index in [0.717, 1.165) is 16.8 Å². The normalized spacial score (nSPS) is 25.9. The lowest BCUT2D eigenvalue weighted by Crippen LogP contribution is -2.42. The van der Waals surface area contributed by atoms with Crippen LogP contribution in [-0.4, -0.2) is 11.8 Å². The van der Waals surface area contributed by atoms with E-state index in [1.54, 1.807) is 18.2 Å². The molecule has 4 rings (SSSR count). The van der Waals surface area contributed by atoms with Gasteiger partial charge in [-0.25, -0.2) is 4.39 Å². The van der Waals surface area contributed by atoms with Crippen LogP contribution in [0, 0.1) is 5.82 Å². The lowest BCUT2D eigenvalue weighted by atomic mass is 9.74. The van der Waals surface area contributed by atoms with Gasteiger partial charge in [-0.1, -0.05) is 17.7 Å². The largest absolute Gasteiger partial charge is 0.381 e. The Morgan fingerprint density at radius 2 is 2.10 bits per heavy atom. The summed E-state index contributed by atoms with van der Waals surface area (Å²) in [6.45, 7) is 1.98. The highest BCUT2D eigenvalue weighted by atomic mass is 35.5. The van der Waals surface area contributed by atoms with Gasteiger partial charge in [0.1, 0.15) is 5.82 Å². The second kappa shape index (κ2) is 4.08. The average Bonchev–Trinajstić information content (AvgIpc) is 2.89. The molecule has 1 heterocycles. The quantitative estimate of drug-likeness (QED) is 0.798. The molecule has 2 aromatic rings. The van der Waals surface area contributed by atoms with Crippen LogP contribution in [0.4, 0.5) is 10.1 Å². The number of nitrogens with one attached hydrogen (secondary N) is 1. The molecular weight excluding hydrogens is 289 g/mol. The van der Waals surface area contributed by atoms with Crippen LogP contribution in [0.2, 0.25) is 5.02 Å². The number of fused-ring (bicyclic) bond motifs is 3. The number of hydrogen-bond donors (Lipinski definition) is 1. The predicted molar refractivity (Wildman–Crippen MR) is 80.6 cm³/mol. The number of carbonyl (C=O) groups excluding carboxylic acids is 1. The summed E-state index contributed by atoms with van der Waals surface area (Å²) in [6, 6.07) is 9.95. The average molecular weight is 302 g/mol. The van der Waals surface area contributed by atoms with Gasteiger partial charge in [-0.15, -0.1) is 0 Å². The van der Waals surface area contributed by atoms with Gasteiger partial charge < -0.3 is 5.32 Å². The molecule has 0 amide bonds. The summed E-state index contributed by atoms with van der Waals surface area (Å²) in [5.41, 5.74) is 2.52. The minimum absolute atomic E-state index is 0.0318. The Morgan fingerprint density at radius 1 is 1.29 bits per heavy atom. The van der Waals surface area contributed by atoms with Gasteiger partial charge in [0.2, 0.25) is 0 Å². The maximum Gasteiger partial charge on any atom is 0.176 e. The number of anilines is 1. The van der Waals surface area contributed by atoms with Crippen LogP contribution in [0.25, 0.3) is 0 Å². The van der Waals surface area contributed by atoms with Crippen LogP contribution >= 0.6 is 11.6 Å². The summed E-state index contributed by atoms with van der Waals surface area (Å²) in [7, 11) is 0. The second-order valence-electron chi connectivity index (χ2n) is 5.83. The fraction of sp³-hybridized carbons (Fsp3) is 0.235. The van der Waals surface area contributed by atoms with E-state index in [0.29, 0.717) is 17.0 Å². The SMILES string of the molecule is C[C@@H]1Nc2ccc(F)cc2[C@@]12Cc1ccc(Cl)cc1C2=O. The molecule has 0 fully saturated rings. The molecule has 4 heteroatoms. The highest BCUT2D eigenvalue weighted by molar-refractivity contribution is 6.31. The van der Waals surface area contributed by atoms with Crippen LogP contribution in [0.1, 0.15) is 28.4 Å². The Balaban J connectivity index is 1.95. The number of Topliss-reactive ketones (excluding diaryl/α,β-unsaturated/α-hetero) is 1. The van der Waals surface area contributed by atoms with Crippen molar-refractivity contribution in [3.63, 3.8) is 0 Å². The van der Waals surface area contributed by atoms with Gasteiger partial charge in [-0.2, -0.15) is 0 Å². The van der Waals surface area contributed by atoms with Crippen molar-refractivity contribution in [3.8, 4) is 0 Å². The highest BCUT2D eigenvalue weighted by Gasteiger charge is 2.55. The first kappa shape index (κ1) is 12.8. The zero-order chi connectivity index (χ0) is 14.8. The maximum absolute atomic E-state index is 13.7. The first-order valence-electron chi connectivity index (χ1n) is 6.92. The number of rotatable bonds is 0. The van der Waals surface area contributed by atoms with Crippen molar-refractivity contribution in [2.24, 2.45) is 0 Å². The molecule has 1 spiro atoms. The molecule has 0 saturated carbocycles. The van der Waals surface area contributed by atoms with Crippen LogP contribution < -0.4 is 5.32 Å². The first-order chi connectivity index (χ1) is 10.0. The monoisotopic (exact) mass is 301 g/mol. The van der Waals surface area contributed by atoms with Gasteiger partial charge in [0, 0.05) is 22.3 Å². The van der Waals surface area contributed by atoms with Crippen LogP contribution in [0.5, 0.6) is 0 Å². The molecule has 1 aliphatic carbocycles. The molecular formula is C17H13ClFNO. The Hall–Kier alpha value is -1.87. The molecule has 2 aromatic carbocycles. The Morgan fingerprint density at radius 3 is 2.90 bits per heavy atom. The minimum atomic E-state index is -0.718. The summed E-state index contributed by atoms with van der Waals surface area (Å²) < 4.78 is 13.7. The summed E-state index contributed by atoms with van der Waals surface area (Å²) in [6.07, 6.45) is 0.586. The smallest absolute Gasteiger partial charge is 0.176 e. The third-order valence-corrected chi connectivity index (χ3v) is 5.00. The third kappa shape index (κ3) is 1.55. The summed E-state index contributed by atoms with van der Waals surface area (Å²) in [5, 5.41) is 3.87. The fourth-order valence-electron chi connectivity index (χ4n) is 3.70. The predicted octanol–water partition coefficient (Wildman–Crippen LogP) is 3.97. The van der Waals surface area contributed by atoms with Crippen molar-refractivity contribution >= 4 is 23.1 Å². The Bertz CT molecular complexity index is 788. The van der Waals surface area contributed by atoms with Crippen molar-refractivity contribution in [1.82, 2.24) is 0 Å². The molecule has 0 saturated heterocycles. The van der Waals surface area contributed by atoms with Crippen LogP contribution in [0.3, 0.4) is 0 Å². The van der Waals surface area contributed by atoms with Gasteiger partial charge >= 0.3 is 0 Å². The molecule has 106 valence electrons. The van der Waals surface area contributed by atoms with E-state index < -0.39 is 5.41 Å². The van der Waals surface area contributed by atoms with E-state index in [9.17, 15) is 9.18 Å². The summed E-state index contributed by atoms with van der Waals surface area (Å²) in [5.74, 6) is -0.282. The number of carbonyl (C=O) groups is 1. The highest BCUT2D eigenvalue weighted by Crippen LogP contribution is 2.50. The fourth-order valence-corrected chi connectivity index (χ4v) is 3.88. The Labute approximate surface area is 126 Å². The molecule has 1 aliphatic heterocycles. The van der Waals surface area contributed by atoms with Crippen molar-refractivity contribution in [2.45, 2.75) is 24.8 Å².